The van der Waals surface area contributed by atoms with E-state index in [9.17, 15) is 0 Å². The molecule has 0 radical (unpaired) electrons. The van der Waals surface area contributed by atoms with Gasteiger partial charge in [0.2, 0.25) is 0 Å². The summed E-state index contributed by atoms with van der Waals surface area (Å²) in [5, 5.41) is 3.79. The second kappa shape index (κ2) is 7.09. The van der Waals surface area contributed by atoms with E-state index >= 15 is 0 Å². The highest BCUT2D eigenvalue weighted by Crippen LogP contribution is 2.45. The molecule has 1 heteroatoms. The molecule has 1 aromatic carbocycles. The summed E-state index contributed by atoms with van der Waals surface area (Å²) >= 11 is 0. The number of nitrogens with one attached hydrogen (secondary N) is 1. The molecule has 1 atom stereocenters. The third kappa shape index (κ3) is 3.60. The predicted octanol–water partition coefficient (Wildman–Crippen LogP) is 4.57. The Kier molecular flexibility index (Phi) is 5.45. The van der Waals surface area contributed by atoms with Gasteiger partial charge in [-0.1, -0.05) is 57.0 Å². The van der Waals surface area contributed by atoms with Crippen molar-refractivity contribution in [2.24, 2.45) is 5.41 Å². The van der Waals surface area contributed by atoms with Crippen molar-refractivity contribution in [1.82, 2.24) is 5.32 Å². The van der Waals surface area contributed by atoms with Gasteiger partial charge in [-0.15, -0.1) is 0 Å². The Morgan fingerprint density at radius 2 is 1.79 bits per heavy atom. The maximum Gasteiger partial charge on any atom is 0.0126 e. The van der Waals surface area contributed by atoms with Gasteiger partial charge in [0.1, 0.15) is 0 Å². The van der Waals surface area contributed by atoms with Gasteiger partial charge in [0.05, 0.1) is 0 Å². The summed E-state index contributed by atoms with van der Waals surface area (Å²) < 4.78 is 0. The molecule has 2 rings (SSSR count). The quantitative estimate of drug-likeness (QED) is 0.756. The molecule has 1 nitrogen and oxygen atoms in total. The Balaban J connectivity index is 1.99. The van der Waals surface area contributed by atoms with E-state index in [1.807, 2.05) is 0 Å². The van der Waals surface area contributed by atoms with E-state index in [1.165, 1.54) is 50.5 Å². The lowest BCUT2D eigenvalue weighted by atomic mass is 9.74. The maximum absolute atomic E-state index is 3.79. The largest absolute Gasteiger partial charge is 0.314 e. The van der Waals surface area contributed by atoms with Gasteiger partial charge in [-0.05, 0) is 49.6 Å². The fourth-order valence-electron chi connectivity index (χ4n) is 3.85. The summed E-state index contributed by atoms with van der Waals surface area (Å²) in [6, 6.07) is 11.6. The Hall–Kier alpha value is -0.820. The second-order valence-electron chi connectivity index (χ2n) is 6.06. The van der Waals surface area contributed by atoms with E-state index in [2.05, 4.69) is 49.5 Å². The first-order valence-electron chi connectivity index (χ1n) is 8.08. The highest BCUT2D eigenvalue weighted by Gasteiger charge is 2.38. The molecule has 0 amide bonds. The fraction of sp³-hybridized carbons (Fsp3) is 0.667. The zero-order chi connectivity index (χ0) is 13.6. The van der Waals surface area contributed by atoms with Crippen LogP contribution in [0.5, 0.6) is 0 Å². The molecule has 1 unspecified atom stereocenters. The first-order chi connectivity index (χ1) is 9.30. The third-order valence-electron chi connectivity index (χ3n) is 5.06. The molecule has 0 bridgehead atoms. The minimum absolute atomic E-state index is 0.574. The molecule has 1 fully saturated rings. The molecule has 106 valence electrons. The van der Waals surface area contributed by atoms with Crippen LogP contribution < -0.4 is 5.32 Å². The lowest BCUT2D eigenvalue weighted by Gasteiger charge is -2.38. The summed E-state index contributed by atoms with van der Waals surface area (Å²) in [6.45, 7) is 5.73. The van der Waals surface area contributed by atoms with E-state index in [0.29, 0.717) is 11.5 Å². The Labute approximate surface area is 118 Å². The van der Waals surface area contributed by atoms with Crippen LogP contribution in [0, 0.1) is 5.41 Å². The van der Waals surface area contributed by atoms with Crippen molar-refractivity contribution < 1.29 is 0 Å². The summed E-state index contributed by atoms with van der Waals surface area (Å²) in [6.07, 6.45) is 9.54. The summed E-state index contributed by atoms with van der Waals surface area (Å²) in [5.41, 5.74) is 2.06. The zero-order valence-electron chi connectivity index (χ0n) is 12.6. The summed E-state index contributed by atoms with van der Waals surface area (Å²) in [4.78, 5) is 0. The molecule has 1 aliphatic carbocycles. The van der Waals surface area contributed by atoms with E-state index < -0.39 is 0 Å². The molecule has 0 saturated heterocycles. The average molecular weight is 259 g/mol. The molecule has 0 aliphatic heterocycles. The van der Waals surface area contributed by atoms with Gasteiger partial charge in [-0.3, -0.25) is 0 Å². The van der Waals surface area contributed by atoms with Crippen LogP contribution in [-0.4, -0.2) is 12.6 Å². The molecule has 0 heterocycles. The number of benzene rings is 1. The Morgan fingerprint density at radius 1 is 1.11 bits per heavy atom. The monoisotopic (exact) mass is 259 g/mol. The zero-order valence-corrected chi connectivity index (χ0v) is 12.6. The third-order valence-corrected chi connectivity index (χ3v) is 5.06. The number of hydrogen-bond donors (Lipinski definition) is 1. The maximum atomic E-state index is 3.79. The van der Waals surface area contributed by atoms with Gasteiger partial charge < -0.3 is 5.32 Å². The number of rotatable bonds is 7. The highest BCUT2D eigenvalue weighted by atomic mass is 14.9. The SMILES string of the molecule is CCNC(CCc1ccccc1)C1(CC)CCCC1. The molecule has 0 aromatic heterocycles. The van der Waals surface area contributed by atoms with Crippen LogP contribution in [-0.2, 0) is 6.42 Å². The van der Waals surface area contributed by atoms with E-state index in [0.717, 1.165) is 6.54 Å². The van der Waals surface area contributed by atoms with Crippen LogP contribution >= 0.6 is 0 Å². The first kappa shape index (κ1) is 14.6. The number of hydrogen-bond acceptors (Lipinski definition) is 1. The standard InChI is InChI=1S/C18H29N/c1-3-18(14-8-9-15-18)17(19-4-2)13-12-16-10-6-5-7-11-16/h5-7,10-11,17,19H,3-4,8-9,12-15H2,1-2H3. The van der Waals surface area contributed by atoms with Gasteiger partial charge in [-0.2, -0.15) is 0 Å². The Bertz CT molecular complexity index is 351. The molecule has 1 N–H and O–H groups in total. The molecule has 19 heavy (non-hydrogen) atoms. The van der Waals surface area contributed by atoms with Crippen molar-refractivity contribution in [1.29, 1.82) is 0 Å². The summed E-state index contributed by atoms with van der Waals surface area (Å²) in [7, 11) is 0. The van der Waals surface area contributed by atoms with Crippen molar-refractivity contribution in [2.75, 3.05) is 6.54 Å². The van der Waals surface area contributed by atoms with Crippen LogP contribution in [0.2, 0.25) is 0 Å². The van der Waals surface area contributed by atoms with Crippen molar-refractivity contribution in [2.45, 2.75) is 64.8 Å². The second-order valence-corrected chi connectivity index (χ2v) is 6.06. The van der Waals surface area contributed by atoms with E-state index in [4.69, 9.17) is 0 Å². The van der Waals surface area contributed by atoms with Crippen LogP contribution in [0.4, 0.5) is 0 Å². The van der Waals surface area contributed by atoms with Gasteiger partial charge in [-0.25, -0.2) is 0 Å². The Morgan fingerprint density at radius 3 is 2.37 bits per heavy atom. The highest BCUT2D eigenvalue weighted by molar-refractivity contribution is 5.15. The lowest BCUT2D eigenvalue weighted by Crippen LogP contribution is -2.44. The predicted molar refractivity (Wildman–Crippen MR) is 83.4 cm³/mol. The molecule has 0 spiro atoms. The van der Waals surface area contributed by atoms with E-state index in [-0.39, 0.29) is 0 Å². The number of aryl methyl sites for hydroxylation is 1. The molecule has 1 aromatic rings. The minimum atomic E-state index is 0.574. The van der Waals surface area contributed by atoms with Gasteiger partial charge >= 0.3 is 0 Å². The molecular formula is C18H29N. The average Bonchev–Trinajstić information content (AvgIpc) is 2.94. The van der Waals surface area contributed by atoms with Crippen molar-refractivity contribution in [3.8, 4) is 0 Å². The van der Waals surface area contributed by atoms with Gasteiger partial charge in [0.15, 0.2) is 0 Å². The lowest BCUT2D eigenvalue weighted by molar-refractivity contribution is 0.178. The van der Waals surface area contributed by atoms with Crippen LogP contribution in [0.3, 0.4) is 0 Å². The van der Waals surface area contributed by atoms with Crippen LogP contribution in [0.15, 0.2) is 30.3 Å². The normalized spacial score (nSPS) is 19.5. The van der Waals surface area contributed by atoms with Gasteiger partial charge in [0, 0.05) is 6.04 Å². The van der Waals surface area contributed by atoms with Crippen molar-refractivity contribution in [3.63, 3.8) is 0 Å². The molecule has 1 saturated carbocycles. The smallest absolute Gasteiger partial charge is 0.0126 e. The molecular weight excluding hydrogens is 230 g/mol. The first-order valence-corrected chi connectivity index (χ1v) is 8.08. The molecule has 1 aliphatic rings. The summed E-state index contributed by atoms with van der Waals surface area (Å²) in [5.74, 6) is 0. The van der Waals surface area contributed by atoms with Crippen LogP contribution in [0.25, 0.3) is 0 Å². The van der Waals surface area contributed by atoms with Crippen molar-refractivity contribution in [3.05, 3.63) is 35.9 Å². The fourth-order valence-corrected chi connectivity index (χ4v) is 3.85. The van der Waals surface area contributed by atoms with E-state index in [1.54, 1.807) is 0 Å². The topological polar surface area (TPSA) is 12.0 Å². The van der Waals surface area contributed by atoms with Crippen LogP contribution in [0.1, 0.15) is 57.9 Å². The van der Waals surface area contributed by atoms with Gasteiger partial charge in [0.25, 0.3) is 0 Å². The minimum Gasteiger partial charge on any atom is -0.314 e. The van der Waals surface area contributed by atoms with Crippen molar-refractivity contribution >= 4 is 0 Å².